The molecule has 3 nitrogen and oxygen atoms in total. The van der Waals surface area contributed by atoms with Crippen molar-refractivity contribution in [2.75, 3.05) is 11.9 Å². The van der Waals surface area contributed by atoms with Gasteiger partial charge in [-0.15, -0.1) is 0 Å². The van der Waals surface area contributed by atoms with Gasteiger partial charge in [-0.1, -0.05) is 13.8 Å². The number of esters is 1. The first-order valence-corrected chi connectivity index (χ1v) is 7.72. The molecule has 0 aromatic heterocycles. The van der Waals surface area contributed by atoms with Crippen molar-refractivity contribution in [3.63, 3.8) is 0 Å². The summed E-state index contributed by atoms with van der Waals surface area (Å²) in [6.07, 6.45) is 5.94. The van der Waals surface area contributed by atoms with Gasteiger partial charge in [-0.3, -0.25) is 0 Å². The summed E-state index contributed by atoms with van der Waals surface area (Å²) < 4.78 is 5.12. The van der Waals surface area contributed by atoms with Crippen LogP contribution in [0.3, 0.4) is 0 Å². The molecule has 1 aromatic rings. The largest absolute Gasteiger partial charge is 0.462 e. The molecule has 0 atom stereocenters. The number of ether oxygens (including phenoxy) is 1. The molecule has 1 fully saturated rings. The Kier molecular flexibility index (Phi) is 5.45. The Bertz CT molecular complexity index is 419. The van der Waals surface area contributed by atoms with Crippen LogP contribution in [-0.4, -0.2) is 18.6 Å². The number of rotatable bonds is 5. The number of carbonyl (C=O) groups is 1. The van der Waals surface area contributed by atoms with Crippen molar-refractivity contribution >= 4 is 11.7 Å². The highest BCUT2D eigenvalue weighted by Gasteiger charge is 2.17. The molecule has 110 valence electrons. The Labute approximate surface area is 121 Å². The fraction of sp³-hybridized carbons (Fsp3) is 0.588. The summed E-state index contributed by atoms with van der Waals surface area (Å²) in [6.45, 7) is 4.80. The lowest BCUT2D eigenvalue weighted by Crippen LogP contribution is -2.25. The second-order valence-electron chi connectivity index (χ2n) is 5.81. The Morgan fingerprint density at radius 3 is 2.45 bits per heavy atom. The Balaban J connectivity index is 1.86. The Morgan fingerprint density at radius 1 is 1.20 bits per heavy atom. The molecule has 0 radical (unpaired) electrons. The van der Waals surface area contributed by atoms with Gasteiger partial charge in [-0.05, 0) is 62.3 Å². The van der Waals surface area contributed by atoms with E-state index in [1.807, 2.05) is 31.2 Å². The zero-order chi connectivity index (χ0) is 14.4. The number of hydrogen-bond acceptors (Lipinski definition) is 3. The number of benzene rings is 1. The van der Waals surface area contributed by atoms with E-state index in [4.69, 9.17) is 4.74 Å². The molecule has 0 spiro atoms. The highest BCUT2D eigenvalue weighted by molar-refractivity contribution is 5.89. The third-order valence-corrected chi connectivity index (χ3v) is 3.94. The molecule has 1 aliphatic carbocycles. The molecule has 1 saturated carbocycles. The standard InChI is InChI=1S/C17H25NO2/c1-3-12-20-17(19)14-6-10-16(11-7-14)18-15-8-4-13(2)5-9-15/h6-7,10-11,13,15,18H,3-5,8-9,12H2,1-2H3. The van der Waals surface area contributed by atoms with Crippen LogP contribution in [0, 0.1) is 5.92 Å². The summed E-state index contributed by atoms with van der Waals surface area (Å²) in [7, 11) is 0. The highest BCUT2D eigenvalue weighted by Crippen LogP contribution is 2.26. The molecule has 0 heterocycles. The number of nitrogens with one attached hydrogen (secondary N) is 1. The van der Waals surface area contributed by atoms with Crippen LogP contribution in [0.5, 0.6) is 0 Å². The number of hydrogen-bond donors (Lipinski definition) is 1. The SMILES string of the molecule is CCCOC(=O)c1ccc(NC2CCC(C)CC2)cc1. The average molecular weight is 275 g/mol. The molecule has 0 aliphatic heterocycles. The quantitative estimate of drug-likeness (QED) is 0.817. The minimum absolute atomic E-state index is 0.232. The van der Waals surface area contributed by atoms with Gasteiger partial charge in [0.1, 0.15) is 0 Å². The molecule has 1 aromatic carbocycles. The topological polar surface area (TPSA) is 38.3 Å². The second kappa shape index (κ2) is 7.32. The van der Waals surface area contributed by atoms with E-state index in [2.05, 4.69) is 12.2 Å². The van der Waals surface area contributed by atoms with Crippen LogP contribution in [0.2, 0.25) is 0 Å². The fourth-order valence-electron chi connectivity index (χ4n) is 2.62. The monoisotopic (exact) mass is 275 g/mol. The van der Waals surface area contributed by atoms with Crippen LogP contribution >= 0.6 is 0 Å². The van der Waals surface area contributed by atoms with E-state index in [0.717, 1.165) is 18.0 Å². The lowest BCUT2D eigenvalue weighted by atomic mass is 9.87. The summed E-state index contributed by atoms with van der Waals surface area (Å²) in [5, 5.41) is 3.56. The average Bonchev–Trinajstić information content (AvgIpc) is 2.48. The Hall–Kier alpha value is -1.51. The van der Waals surface area contributed by atoms with Crippen LogP contribution in [-0.2, 0) is 4.74 Å². The van der Waals surface area contributed by atoms with Gasteiger partial charge in [-0.25, -0.2) is 4.79 Å². The van der Waals surface area contributed by atoms with Crippen molar-refractivity contribution in [2.45, 2.75) is 52.0 Å². The van der Waals surface area contributed by atoms with Crippen LogP contribution in [0.15, 0.2) is 24.3 Å². The van der Waals surface area contributed by atoms with Crippen molar-refractivity contribution in [2.24, 2.45) is 5.92 Å². The third-order valence-electron chi connectivity index (χ3n) is 3.94. The summed E-state index contributed by atoms with van der Waals surface area (Å²) in [4.78, 5) is 11.7. The van der Waals surface area contributed by atoms with Gasteiger partial charge >= 0.3 is 5.97 Å². The highest BCUT2D eigenvalue weighted by atomic mass is 16.5. The molecule has 20 heavy (non-hydrogen) atoms. The van der Waals surface area contributed by atoms with Crippen molar-refractivity contribution in [3.05, 3.63) is 29.8 Å². The van der Waals surface area contributed by atoms with Gasteiger partial charge in [0.05, 0.1) is 12.2 Å². The smallest absolute Gasteiger partial charge is 0.338 e. The summed E-state index contributed by atoms with van der Waals surface area (Å²) >= 11 is 0. The zero-order valence-corrected chi connectivity index (χ0v) is 12.5. The molecule has 2 rings (SSSR count). The summed E-state index contributed by atoms with van der Waals surface area (Å²) in [5.74, 6) is 0.633. The molecule has 1 N–H and O–H groups in total. The second-order valence-corrected chi connectivity index (χ2v) is 5.81. The van der Waals surface area contributed by atoms with Gasteiger partial charge in [0.2, 0.25) is 0 Å². The maximum absolute atomic E-state index is 11.7. The molecule has 1 aliphatic rings. The van der Waals surface area contributed by atoms with Gasteiger partial charge in [0, 0.05) is 11.7 Å². The Morgan fingerprint density at radius 2 is 1.85 bits per heavy atom. The minimum atomic E-state index is -0.232. The fourth-order valence-corrected chi connectivity index (χ4v) is 2.62. The number of anilines is 1. The van der Waals surface area contributed by atoms with Crippen molar-refractivity contribution < 1.29 is 9.53 Å². The lowest BCUT2D eigenvalue weighted by molar-refractivity contribution is 0.0505. The molecule has 0 saturated heterocycles. The van der Waals surface area contributed by atoms with Gasteiger partial charge in [0.15, 0.2) is 0 Å². The predicted octanol–water partition coefficient (Wildman–Crippen LogP) is 4.24. The van der Waals surface area contributed by atoms with E-state index < -0.39 is 0 Å². The number of carbonyl (C=O) groups excluding carboxylic acids is 1. The van der Waals surface area contributed by atoms with Gasteiger partial charge in [0.25, 0.3) is 0 Å². The minimum Gasteiger partial charge on any atom is -0.462 e. The van der Waals surface area contributed by atoms with Crippen molar-refractivity contribution in [3.8, 4) is 0 Å². The molecule has 3 heteroatoms. The van der Waals surface area contributed by atoms with E-state index in [0.29, 0.717) is 18.2 Å². The summed E-state index contributed by atoms with van der Waals surface area (Å²) in [5.41, 5.74) is 1.72. The maximum atomic E-state index is 11.7. The van der Waals surface area contributed by atoms with E-state index in [1.54, 1.807) is 0 Å². The third kappa shape index (κ3) is 4.26. The first-order valence-electron chi connectivity index (χ1n) is 7.72. The van der Waals surface area contributed by atoms with Gasteiger partial charge in [-0.2, -0.15) is 0 Å². The van der Waals surface area contributed by atoms with Crippen LogP contribution in [0.1, 0.15) is 56.3 Å². The first-order chi connectivity index (χ1) is 9.69. The lowest BCUT2D eigenvalue weighted by Gasteiger charge is -2.27. The molecule has 0 unspecified atom stereocenters. The molecule has 0 amide bonds. The molecular formula is C17H25NO2. The normalized spacial score (nSPS) is 22.3. The molecule has 0 bridgehead atoms. The molecular weight excluding hydrogens is 250 g/mol. The van der Waals surface area contributed by atoms with Crippen LogP contribution < -0.4 is 5.32 Å². The first kappa shape index (κ1) is 14.9. The van der Waals surface area contributed by atoms with Crippen molar-refractivity contribution in [1.82, 2.24) is 0 Å². The van der Waals surface area contributed by atoms with E-state index in [-0.39, 0.29) is 5.97 Å². The van der Waals surface area contributed by atoms with Gasteiger partial charge < -0.3 is 10.1 Å². The van der Waals surface area contributed by atoms with Crippen LogP contribution in [0.4, 0.5) is 5.69 Å². The van der Waals surface area contributed by atoms with Crippen LogP contribution in [0.25, 0.3) is 0 Å². The maximum Gasteiger partial charge on any atom is 0.338 e. The van der Waals surface area contributed by atoms with Crippen molar-refractivity contribution in [1.29, 1.82) is 0 Å². The summed E-state index contributed by atoms with van der Waals surface area (Å²) in [6, 6.07) is 8.20. The van der Waals surface area contributed by atoms with E-state index >= 15 is 0 Å². The van der Waals surface area contributed by atoms with E-state index in [9.17, 15) is 4.79 Å². The zero-order valence-electron chi connectivity index (χ0n) is 12.5. The predicted molar refractivity (Wildman–Crippen MR) is 82.1 cm³/mol. The van der Waals surface area contributed by atoms with E-state index in [1.165, 1.54) is 25.7 Å².